The van der Waals surface area contributed by atoms with Crippen LogP contribution in [-0.4, -0.2) is 47.8 Å². The lowest BCUT2D eigenvalue weighted by atomic mass is 10.1. The van der Waals surface area contributed by atoms with Crippen molar-refractivity contribution in [1.82, 2.24) is 9.97 Å². The van der Waals surface area contributed by atoms with E-state index in [0.717, 1.165) is 12.1 Å². The Morgan fingerprint density at radius 1 is 1.53 bits per heavy atom. The fraction of sp³-hybridized carbons (Fsp3) is 0.636. The lowest BCUT2D eigenvalue weighted by Crippen LogP contribution is -2.36. The van der Waals surface area contributed by atoms with Crippen LogP contribution < -0.4 is 4.74 Å². The molecule has 5 nitrogen and oxygen atoms in total. The Hall–Kier alpha value is -0.720. The molecule has 0 aliphatic carbocycles. The van der Waals surface area contributed by atoms with Crippen LogP contribution in [0.4, 0.5) is 0 Å². The van der Waals surface area contributed by atoms with Crippen LogP contribution in [0.2, 0.25) is 0 Å². The second kappa shape index (κ2) is 6.28. The molecule has 1 aliphatic heterocycles. The molecule has 0 radical (unpaired) electrons. The summed E-state index contributed by atoms with van der Waals surface area (Å²) in [7, 11) is 1.59. The van der Waals surface area contributed by atoms with Crippen LogP contribution in [0.15, 0.2) is 12.4 Å². The summed E-state index contributed by atoms with van der Waals surface area (Å²) >= 11 is 3.62. The fourth-order valence-corrected chi connectivity index (χ4v) is 2.28. The van der Waals surface area contributed by atoms with Gasteiger partial charge in [0.25, 0.3) is 0 Å². The zero-order valence-corrected chi connectivity index (χ0v) is 11.2. The average molecular weight is 303 g/mol. The predicted octanol–water partition coefficient (Wildman–Crippen LogP) is 1.21. The minimum absolute atomic E-state index is 0.0738. The van der Waals surface area contributed by atoms with E-state index in [4.69, 9.17) is 14.2 Å². The highest BCUT2D eigenvalue weighted by Gasteiger charge is 2.23. The molecule has 0 bridgehead atoms. The fourth-order valence-electron chi connectivity index (χ4n) is 1.65. The van der Waals surface area contributed by atoms with Gasteiger partial charge in [0.1, 0.15) is 6.33 Å². The average Bonchev–Trinajstić information content (AvgIpc) is 2.40. The molecule has 0 amide bonds. The Kier molecular flexibility index (Phi) is 4.70. The third-order valence-corrected chi connectivity index (χ3v) is 3.47. The topological polar surface area (TPSA) is 53.5 Å². The third-order valence-electron chi connectivity index (χ3n) is 2.56. The van der Waals surface area contributed by atoms with Crippen LogP contribution in [0.25, 0.3) is 0 Å². The molecule has 94 valence electrons. The van der Waals surface area contributed by atoms with Crippen molar-refractivity contribution < 1.29 is 14.2 Å². The van der Waals surface area contributed by atoms with E-state index in [1.807, 2.05) is 6.07 Å². The third kappa shape index (κ3) is 3.62. The SMILES string of the molecule is COc1cc(CC(Br)C2COCCO2)ncn1. The number of hydrogen-bond acceptors (Lipinski definition) is 5. The number of nitrogens with zero attached hydrogens (tertiary/aromatic N) is 2. The number of hydrogen-bond donors (Lipinski definition) is 0. The maximum absolute atomic E-state index is 5.62. The minimum atomic E-state index is 0.0738. The lowest BCUT2D eigenvalue weighted by molar-refractivity contribution is -0.0871. The second-order valence-electron chi connectivity index (χ2n) is 3.76. The Bertz CT molecular complexity index is 358. The molecule has 1 fully saturated rings. The molecule has 0 spiro atoms. The van der Waals surface area contributed by atoms with E-state index in [1.54, 1.807) is 7.11 Å². The number of aromatic nitrogens is 2. The molecule has 2 rings (SSSR count). The van der Waals surface area contributed by atoms with Gasteiger partial charge in [-0.2, -0.15) is 0 Å². The number of halogens is 1. The Morgan fingerprint density at radius 3 is 3.12 bits per heavy atom. The molecule has 6 heteroatoms. The van der Waals surface area contributed by atoms with Gasteiger partial charge >= 0.3 is 0 Å². The van der Waals surface area contributed by atoms with Gasteiger partial charge in [-0.25, -0.2) is 9.97 Å². The number of ether oxygens (including phenoxy) is 3. The Labute approximate surface area is 109 Å². The molecule has 1 saturated heterocycles. The van der Waals surface area contributed by atoms with Gasteiger partial charge in [0.05, 0.1) is 33.0 Å². The monoisotopic (exact) mass is 302 g/mol. The molecule has 2 heterocycles. The highest BCUT2D eigenvalue weighted by molar-refractivity contribution is 9.09. The zero-order chi connectivity index (χ0) is 12.1. The van der Waals surface area contributed by atoms with E-state index in [1.165, 1.54) is 6.33 Å². The molecular weight excluding hydrogens is 288 g/mol. The van der Waals surface area contributed by atoms with Crippen molar-refractivity contribution in [2.75, 3.05) is 26.9 Å². The maximum Gasteiger partial charge on any atom is 0.216 e. The van der Waals surface area contributed by atoms with Crippen LogP contribution in [0.3, 0.4) is 0 Å². The number of rotatable bonds is 4. The predicted molar refractivity (Wildman–Crippen MR) is 65.6 cm³/mol. The number of alkyl halides is 1. The summed E-state index contributed by atoms with van der Waals surface area (Å²) in [5.74, 6) is 0.579. The second-order valence-corrected chi connectivity index (χ2v) is 4.93. The van der Waals surface area contributed by atoms with E-state index in [2.05, 4.69) is 25.9 Å². The summed E-state index contributed by atoms with van der Waals surface area (Å²) in [5.41, 5.74) is 0.924. The van der Waals surface area contributed by atoms with Crippen LogP contribution in [0.5, 0.6) is 5.88 Å². The summed E-state index contributed by atoms with van der Waals surface area (Å²) in [6.07, 6.45) is 2.34. The van der Waals surface area contributed by atoms with Gasteiger partial charge in [0.15, 0.2) is 0 Å². The van der Waals surface area contributed by atoms with Crippen LogP contribution >= 0.6 is 15.9 Å². The summed E-state index contributed by atoms with van der Waals surface area (Å²) in [6, 6.07) is 1.83. The molecule has 0 N–H and O–H groups in total. The molecule has 2 atom stereocenters. The minimum Gasteiger partial charge on any atom is -0.481 e. The van der Waals surface area contributed by atoms with Gasteiger partial charge in [-0.05, 0) is 0 Å². The maximum atomic E-state index is 5.62. The summed E-state index contributed by atoms with van der Waals surface area (Å²) in [5, 5.41) is 0. The van der Waals surface area contributed by atoms with Crippen molar-refractivity contribution in [1.29, 1.82) is 0 Å². The van der Waals surface area contributed by atoms with Gasteiger partial charge in [-0.15, -0.1) is 0 Å². The first-order chi connectivity index (χ1) is 8.29. The molecule has 0 saturated carbocycles. The van der Waals surface area contributed by atoms with Crippen LogP contribution in [0, 0.1) is 0 Å². The van der Waals surface area contributed by atoms with Crippen LogP contribution in [0.1, 0.15) is 5.69 Å². The van der Waals surface area contributed by atoms with E-state index in [9.17, 15) is 0 Å². The van der Waals surface area contributed by atoms with E-state index in [0.29, 0.717) is 25.7 Å². The summed E-state index contributed by atoms with van der Waals surface area (Å²) < 4.78 is 16.1. The quantitative estimate of drug-likeness (QED) is 0.783. The molecule has 1 aromatic heterocycles. The van der Waals surface area contributed by atoms with Crippen molar-refractivity contribution in [3.8, 4) is 5.88 Å². The zero-order valence-electron chi connectivity index (χ0n) is 9.63. The first-order valence-electron chi connectivity index (χ1n) is 5.48. The molecule has 17 heavy (non-hydrogen) atoms. The van der Waals surface area contributed by atoms with Crippen molar-refractivity contribution in [2.45, 2.75) is 17.4 Å². The van der Waals surface area contributed by atoms with E-state index < -0.39 is 0 Å². The first-order valence-corrected chi connectivity index (χ1v) is 6.39. The van der Waals surface area contributed by atoms with E-state index >= 15 is 0 Å². The van der Waals surface area contributed by atoms with Crippen molar-refractivity contribution >= 4 is 15.9 Å². The highest BCUT2D eigenvalue weighted by atomic mass is 79.9. The molecule has 1 aromatic rings. The summed E-state index contributed by atoms with van der Waals surface area (Å²) in [6.45, 7) is 1.95. The van der Waals surface area contributed by atoms with Gasteiger partial charge in [0.2, 0.25) is 5.88 Å². The largest absolute Gasteiger partial charge is 0.481 e. The van der Waals surface area contributed by atoms with Crippen molar-refractivity contribution in [3.63, 3.8) is 0 Å². The molecule has 0 aromatic carbocycles. The van der Waals surface area contributed by atoms with Gasteiger partial charge in [0, 0.05) is 23.0 Å². The standard InChI is InChI=1S/C11H15BrN2O3/c1-15-11-5-8(13-7-14-11)4-9(12)10-6-16-2-3-17-10/h5,7,9-10H,2-4,6H2,1H3. The lowest BCUT2D eigenvalue weighted by Gasteiger charge is -2.26. The highest BCUT2D eigenvalue weighted by Crippen LogP contribution is 2.18. The number of methoxy groups -OCH3 is 1. The van der Waals surface area contributed by atoms with Gasteiger partial charge in [-0.3, -0.25) is 0 Å². The Balaban J connectivity index is 1.94. The summed E-state index contributed by atoms with van der Waals surface area (Å²) in [4.78, 5) is 8.36. The molecular formula is C11H15BrN2O3. The molecule has 2 unspecified atom stereocenters. The van der Waals surface area contributed by atoms with Gasteiger partial charge in [-0.1, -0.05) is 15.9 Å². The van der Waals surface area contributed by atoms with Crippen molar-refractivity contribution in [3.05, 3.63) is 18.1 Å². The van der Waals surface area contributed by atoms with E-state index in [-0.39, 0.29) is 10.9 Å². The normalized spacial score (nSPS) is 22.1. The smallest absolute Gasteiger partial charge is 0.216 e. The van der Waals surface area contributed by atoms with Crippen molar-refractivity contribution in [2.24, 2.45) is 0 Å². The van der Waals surface area contributed by atoms with Crippen LogP contribution in [-0.2, 0) is 15.9 Å². The molecule has 1 aliphatic rings. The van der Waals surface area contributed by atoms with Gasteiger partial charge < -0.3 is 14.2 Å². The Morgan fingerprint density at radius 2 is 2.41 bits per heavy atom. The first kappa shape index (κ1) is 12.7.